The van der Waals surface area contributed by atoms with Gasteiger partial charge in [0.1, 0.15) is 4.32 Å². The summed E-state index contributed by atoms with van der Waals surface area (Å²) in [5.41, 5.74) is 0. The van der Waals surface area contributed by atoms with Gasteiger partial charge in [-0.15, -0.1) is 22.7 Å². The molecule has 0 radical (unpaired) electrons. The molecule has 1 nitrogen and oxygen atoms in total. The zero-order chi connectivity index (χ0) is 12.1. The van der Waals surface area contributed by atoms with Crippen molar-refractivity contribution in [3.05, 3.63) is 44.8 Å². The molecule has 1 atom stereocenters. The fraction of sp³-hybridized carbons (Fsp3) is 0.250. The maximum absolute atomic E-state index is 5.34. The maximum atomic E-state index is 5.34. The molecule has 17 heavy (non-hydrogen) atoms. The van der Waals surface area contributed by atoms with Crippen LogP contribution in [0, 0.1) is 0 Å². The minimum atomic E-state index is 0.304. The molecule has 2 aromatic rings. The SMILES string of the molecule is CC(NC(=S)SCc1cccs1)c1cccs1. The van der Waals surface area contributed by atoms with Crippen LogP contribution in [0.25, 0.3) is 0 Å². The molecule has 0 spiro atoms. The van der Waals surface area contributed by atoms with Crippen LogP contribution in [0.4, 0.5) is 0 Å². The normalized spacial score (nSPS) is 12.3. The summed E-state index contributed by atoms with van der Waals surface area (Å²) in [7, 11) is 0. The minimum absolute atomic E-state index is 0.304. The van der Waals surface area contributed by atoms with Gasteiger partial charge < -0.3 is 5.32 Å². The van der Waals surface area contributed by atoms with Gasteiger partial charge in [0.2, 0.25) is 0 Å². The number of nitrogens with one attached hydrogen (secondary N) is 1. The van der Waals surface area contributed by atoms with E-state index in [2.05, 4.69) is 47.3 Å². The molecule has 0 saturated carbocycles. The minimum Gasteiger partial charge on any atom is -0.364 e. The molecule has 0 aliphatic heterocycles. The number of thiophene rings is 2. The Labute approximate surface area is 119 Å². The number of thiocarbonyl (C=S) groups is 1. The number of thioether (sulfide) groups is 1. The van der Waals surface area contributed by atoms with Crippen molar-refractivity contribution >= 4 is 51.0 Å². The van der Waals surface area contributed by atoms with Gasteiger partial charge in [-0.1, -0.05) is 36.1 Å². The van der Waals surface area contributed by atoms with E-state index in [1.807, 2.05) is 0 Å². The lowest BCUT2D eigenvalue weighted by molar-refractivity contribution is 0.745. The van der Waals surface area contributed by atoms with E-state index in [1.54, 1.807) is 34.4 Å². The molecular formula is C12H13NS4. The zero-order valence-corrected chi connectivity index (χ0v) is 12.6. The predicted octanol–water partition coefficient (Wildman–Crippen LogP) is 4.68. The van der Waals surface area contributed by atoms with Gasteiger partial charge in [-0.2, -0.15) is 0 Å². The van der Waals surface area contributed by atoms with Crippen LogP contribution in [0.5, 0.6) is 0 Å². The maximum Gasteiger partial charge on any atom is 0.134 e. The van der Waals surface area contributed by atoms with Crippen molar-refractivity contribution in [2.45, 2.75) is 18.7 Å². The highest BCUT2D eigenvalue weighted by Crippen LogP contribution is 2.22. The monoisotopic (exact) mass is 299 g/mol. The lowest BCUT2D eigenvalue weighted by Gasteiger charge is -2.13. The van der Waals surface area contributed by atoms with E-state index in [0.717, 1.165) is 10.1 Å². The average molecular weight is 300 g/mol. The average Bonchev–Trinajstić information content (AvgIpc) is 2.99. The van der Waals surface area contributed by atoms with Crippen LogP contribution in [-0.4, -0.2) is 4.32 Å². The van der Waals surface area contributed by atoms with Crippen molar-refractivity contribution in [3.8, 4) is 0 Å². The quantitative estimate of drug-likeness (QED) is 0.823. The fourth-order valence-electron chi connectivity index (χ4n) is 1.36. The molecule has 0 saturated heterocycles. The molecule has 90 valence electrons. The molecule has 5 heteroatoms. The van der Waals surface area contributed by atoms with E-state index in [1.165, 1.54) is 9.75 Å². The fourth-order valence-corrected chi connectivity index (χ4v) is 4.01. The summed E-state index contributed by atoms with van der Waals surface area (Å²) in [6, 6.07) is 8.72. The molecule has 0 amide bonds. The van der Waals surface area contributed by atoms with E-state index in [9.17, 15) is 0 Å². The highest BCUT2D eigenvalue weighted by atomic mass is 32.2. The lowest BCUT2D eigenvalue weighted by atomic mass is 10.3. The van der Waals surface area contributed by atoms with Gasteiger partial charge >= 0.3 is 0 Å². The van der Waals surface area contributed by atoms with E-state index >= 15 is 0 Å². The first kappa shape index (κ1) is 13.1. The van der Waals surface area contributed by atoms with Gasteiger partial charge in [0.05, 0.1) is 6.04 Å². The van der Waals surface area contributed by atoms with Crippen molar-refractivity contribution in [2.75, 3.05) is 0 Å². The van der Waals surface area contributed by atoms with E-state index in [4.69, 9.17) is 12.2 Å². The van der Waals surface area contributed by atoms with Crippen molar-refractivity contribution < 1.29 is 0 Å². The van der Waals surface area contributed by atoms with Gasteiger partial charge in [0.25, 0.3) is 0 Å². The lowest BCUT2D eigenvalue weighted by Crippen LogP contribution is -2.21. The van der Waals surface area contributed by atoms with Gasteiger partial charge in [0, 0.05) is 15.5 Å². The van der Waals surface area contributed by atoms with Crippen LogP contribution in [0.2, 0.25) is 0 Å². The van der Waals surface area contributed by atoms with Crippen LogP contribution in [0.1, 0.15) is 22.7 Å². The Morgan fingerprint density at radius 2 is 2.12 bits per heavy atom. The Balaban J connectivity index is 1.77. The first-order valence-electron chi connectivity index (χ1n) is 5.25. The highest BCUT2D eigenvalue weighted by molar-refractivity contribution is 8.22. The van der Waals surface area contributed by atoms with E-state index in [-0.39, 0.29) is 0 Å². The Morgan fingerprint density at radius 1 is 1.35 bits per heavy atom. The van der Waals surface area contributed by atoms with Crippen LogP contribution < -0.4 is 5.32 Å². The molecule has 1 N–H and O–H groups in total. The third-order valence-electron chi connectivity index (χ3n) is 2.23. The van der Waals surface area contributed by atoms with Crippen molar-refractivity contribution in [1.82, 2.24) is 5.32 Å². The standard InChI is InChI=1S/C12H13NS4/c1-9(11-5-3-7-16-11)13-12(14)17-8-10-4-2-6-15-10/h2-7,9H,8H2,1H3,(H,13,14). The van der Waals surface area contributed by atoms with E-state index in [0.29, 0.717) is 6.04 Å². The van der Waals surface area contributed by atoms with Gasteiger partial charge in [-0.3, -0.25) is 0 Å². The predicted molar refractivity (Wildman–Crippen MR) is 84.1 cm³/mol. The topological polar surface area (TPSA) is 12.0 Å². The van der Waals surface area contributed by atoms with Crippen molar-refractivity contribution in [1.29, 1.82) is 0 Å². The first-order chi connectivity index (χ1) is 8.25. The molecule has 0 aromatic carbocycles. The summed E-state index contributed by atoms with van der Waals surface area (Å²) in [6.07, 6.45) is 0. The molecule has 0 aliphatic rings. The highest BCUT2D eigenvalue weighted by Gasteiger charge is 2.08. The molecular weight excluding hydrogens is 286 g/mol. The van der Waals surface area contributed by atoms with Crippen LogP contribution in [0.3, 0.4) is 0 Å². The Morgan fingerprint density at radius 3 is 2.76 bits per heavy atom. The summed E-state index contributed by atoms with van der Waals surface area (Å²) in [5, 5.41) is 7.54. The molecule has 0 bridgehead atoms. The number of rotatable bonds is 4. The second kappa shape index (κ2) is 6.54. The smallest absolute Gasteiger partial charge is 0.134 e. The third kappa shape index (κ3) is 4.10. The summed E-state index contributed by atoms with van der Waals surface area (Å²) in [6.45, 7) is 2.14. The Kier molecular flexibility index (Phi) is 5.03. The second-order valence-electron chi connectivity index (χ2n) is 3.54. The summed E-state index contributed by atoms with van der Waals surface area (Å²) >= 11 is 10.6. The molecule has 0 fully saturated rings. The van der Waals surface area contributed by atoms with Crippen LogP contribution in [0.15, 0.2) is 35.0 Å². The Hall–Kier alpha value is -0.360. The third-order valence-corrected chi connectivity index (χ3v) is 5.65. The van der Waals surface area contributed by atoms with Gasteiger partial charge in [-0.05, 0) is 29.8 Å². The first-order valence-corrected chi connectivity index (χ1v) is 8.40. The summed E-state index contributed by atoms with van der Waals surface area (Å²) in [5.74, 6) is 0.959. The van der Waals surface area contributed by atoms with Crippen LogP contribution >= 0.6 is 46.7 Å². The van der Waals surface area contributed by atoms with Crippen molar-refractivity contribution in [2.24, 2.45) is 0 Å². The van der Waals surface area contributed by atoms with Crippen molar-refractivity contribution in [3.63, 3.8) is 0 Å². The van der Waals surface area contributed by atoms with Crippen LogP contribution in [-0.2, 0) is 5.75 Å². The largest absolute Gasteiger partial charge is 0.364 e. The number of hydrogen-bond donors (Lipinski definition) is 1. The molecule has 2 heterocycles. The second-order valence-corrected chi connectivity index (χ2v) is 7.20. The summed E-state index contributed by atoms with van der Waals surface area (Å²) < 4.78 is 0.874. The molecule has 1 unspecified atom stereocenters. The van der Waals surface area contributed by atoms with Gasteiger partial charge in [0.15, 0.2) is 0 Å². The van der Waals surface area contributed by atoms with Gasteiger partial charge in [-0.25, -0.2) is 0 Å². The van der Waals surface area contributed by atoms with E-state index < -0.39 is 0 Å². The summed E-state index contributed by atoms with van der Waals surface area (Å²) in [4.78, 5) is 2.69. The molecule has 2 rings (SSSR count). The zero-order valence-electron chi connectivity index (χ0n) is 9.38. The number of hydrogen-bond acceptors (Lipinski definition) is 4. The molecule has 0 aliphatic carbocycles. The molecule has 2 aromatic heterocycles. The Bertz CT molecular complexity index is 447.